The molecule has 1 aliphatic rings. The zero-order valence-corrected chi connectivity index (χ0v) is 14.0. The number of thioether (sulfide) groups is 1. The lowest BCUT2D eigenvalue weighted by molar-refractivity contribution is 0.472. The van der Waals surface area contributed by atoms with Gasteiger partial charge < -0.3 is 5.32 Å². The van der Waals surface area contributed by atoms with E-state index in [0.717, 1.165) is 21.3 Å². The smallest absolute Gasteiger partial charge is 0.225 e. The van der Waals surface area contributed by atoms with Gasteiger partial charge in [0.25, 0.3) is 0 Å². The number of fused-ring (bicyclic) bond motifs is 1. The molecule has 6 heteroatoms. The fourth-order valence-electron chi connectivity index (χ4n) is 2.76. The molecule has 20 heavy (non-hydrogen) atoms. The molecule has 3 rings (SSSR count). The van der Waals surface area contributed by atoms with Crippen LogP contribution in [-0.2, 0) is 0 Å². The van der Waals surface area contributed by atoms with Crippen LogP contribution in [0.1, 0.15) is 30.6 Å². The Balaban J connectivity index is 1.80. The second kappa shape index (κ2) is 6.08. The number of aromatic nitrogens is 2. The van der Waals surface area contributed by atoms with Crippen molar-refractivity contribution in [2.24, 2.45) is 0 Å². The Hall–Kier alpha value is -0.520. The Morgan fingerprint density at radius 1 is 1.30 bits per heavy atom. The first-order chi connectivity index (χ1) is 9.65. The summed E-state index contributed by atoms with van der Waals surface area (Å²) in [6, 6.07) is 2.65. The maximum Gasteiger partial charge on any atom is 0.225 e. The van der Waals surface area contributed by atoms with E-state index >= 15 is 0 Å². The van der Waals surface area contributed by atoms with E-state index in [1.54, 1.807) is 11.3 Å². The molecule has 0 aliphatic heterocycles. The largest absolute Gasteiger partial charge is 0.367 e. The molecular formula is C14H18ClN3S2. The summed E-state index contributed by atoms with van der Waals surface area (Å²) < 4.78 is 0. The van der Waals surface area contributed by atoms with E-state index in [-0.39, 0.29) is 0 Å². The molecular weight excluding hydrogens is 310 g/mol. The highest BCUT2D eigenvalue weighted by Crippen LogP contribution is 2.33. The number of rotatable bonds is 3. The summed E-state index contributed by atoms with van der Waals surface area (Å²) in [5, 5.41) is 5.84. The zero-order valence-electron chi connectivity index (χ0n) is 11.6. The number of halogens is 1. The third-order valence-corrected chi connectivity index (χ3v) is 6.09. The highest BCUT2D eigenvalue weighted by atomic mass is 35.5. The maximum absolute atomic E-state index is 6.04. The van der Waals surface area contributed by atoms with Crippen LogP contribution in [0, 0.1) is 6.92 Å². The van der Waals surface area contributed by atoms with Gasteiger partial charge in [0, 0.05) is 16.2 Å². The van der Waals surface area contributed by atoms with Crippen LogP contribution in [0.4, 0.5) is 5.82 Å². The van der Waals surface area contributed by atoms with Gasteiger partial charge in [0.05, 0.1) is 5.39 Å². The van der Waals surface area contributed by atoms with Crippen LogP contribution >= 0.6 is 34.7 Å². The lowest BCUT2D eigenvalue weighted by atomic mass is 9.95. The van der Waals surface area contributed by atoms with Crippen LogP contribution in [0.25, 0.3) is 10.2 Å². The first-order valence-electron chi connectivity index (χ1n) is 6.88. The Morgan fingerprint density at radius 2 is 2.05 bits per heavy atom. The van der Waals surface area contributed by atoms with E-state index in [2.05, 4.69) is 34.5 Å². The average molecular weight is 328 g/mol. The number of nitrogens with zero attached hydrogens (tertiary/aromatic N) is 2. The lowest BCUT2D eigenvalue weighted by Crippen LogP contribution is -2.27. The summed E-state index contributed by atoms with van der Waals surface area (Å²) in [5.74, 6) is 0.900. The predicted molar refractivity (Wildman–Crippen MR) is 90.3 cm³/mol. The Labute approximate surface area is 132 Å². The number of anilines is 1. The third-order valence-electron chi connectivity index (χ3n) is 3.84. The average Bonchev–Trinajstić information content (AvgIpc) is 2.80. The molecule has 2 heterocycles. The summed E-state index contributed by atoms with van der Waals surface area (Å²) in [4.78, 5) is 10.9. The lowest BCUT2D eigenvalue weighted by Gasteiger charge is -2.28. The van der Waals surface area contributed by atoms with Gasteiger partial charge in [-0.1, -0.05) is 0 Å². The Kier molecular flexibility index (Phi) is 4.38. The van der Waals surface area contributed by atoms with Crippen molar-refractivity contribution in [2.45, 2.75) is 43.9 Å². The van der Waals surface area contributed by atoms with Crippen molar-refractivity contribution in [2.75, 3.05) is 11.6 Å². The van der Waals surface area contributed by atoms with Crippen molar-refractivity contribution >= 4 is 50.7 Å². The predicted octanol–water partition coefficient (Wildman–Crippen LogP) is 4.74. The zero-order chi connectivity index (χ0) is 14.1. The van der Waals surface area contributed by atoms with E-state index in [1.807, 2.05) is 11.8 Å². The first-order valence-corrected chi connectivity index (χ1v) is 9.37. The second-order valence-corrected chi connectivity index (χ2v) is 7.98. The molecule has 2 aromatic heterocycles. The van der Waals surface area contributed by atoms with Gasteiger partial charge in [-0.15, -0.1) is 11.3 Å². The van der Waals surface area contributed by atoms with Crippen molar-refractivity contribution in [3.8, 4) is 0 Å². The van der Waals surface area contributed by atoms with Crippen LogP contribution in [0.3, 0.4) is 0 Å². The highest BCUT2D eigenvalue weighted by molar-refractivity contribution is 7.99. The fraction of sp³-hybridized carbons (Fsp3) is 0.571. The molecule has 1 fully saturated rings. The van der Waals surface area contributed by atoms with Gasteiger partial charge in [0.2, 0.25) is 5.28 Å². The minimum atomic E-state index is 0.333. The molecule has 0 radical (unpaired) electrons. The Bertz CT molecular complexity index is 606. The molecule has 0 spiro atoms. The van der Waals surface area contributed by atoms with Gasteiger partial charge in [-0.2, -0.15) is 11.8 Å². The van der Waals surface area contributed by atoms with Crippen LogP contribution in [0.2, 0.25) is 5.28 Å². The van der Waals surface area contributed by atoms with E-state index in [4.69, 9.17) is 11.6 Å². The summed E-state index contributed by atoms with van der Waals surface area (Å²) in [6.07, 6.45) is 7.18. The maximum atomic E-state index is 6.04. The molecule has 0 amide bonds. The standard InChI is InChI=1S/C14H18ClN3S2/c1-8-7-11-12(17-14(15)18-13(11)20-8)16-9-3-5-10(19-2)6-4-9/h7,9-10H,3-6H2,1-2H3,(H,16,17,18). The number of nitrogens with one attached hydrogen (secondary N) is 1. The topological polar surface area (TPSA) is 37.8 Å². The van der Waals surface area contributed by atoms with E-state index < -0.39 is 0 Å². The van der Waals surface area contributed by atoms with Gasteiger partial charge in [-0.05, 0) is 56.5 Å². The van der Waals surface area contributed by atoms with Gasteiger partial charge in [-0.25, -0.2) is 9.97 Å². The summed E-state index contributed by atoms with van der Waals surface area (Å²) >= 11 is 9.69. The van der Waals surface area contributed by atoms with Crippen LogP contribution < -0.4 is 5.32 Å². The van der Waals surface area contributed by atoms with Crippen molar-refractivity contribution in [3.63, 3.8) is 0 Å². The van der Waals surface area contributed by atoms with Crippen molar-refractivity contribution < 1.29 is 0 Å². The Morgan fingerprint density at radius 3 is 2.75 bits per heavy atom. The number of hydrogen-bond acceptors (Lipinski definition) is 5. The van der Waals surface area contributed by atoms with Gasteiger partial charge in [0.1, 0.15) is 10.6 Å². The fourth-order valence-corrected chi connectivity index (χ4v) is 4.60. The SMILES string of the molecule is CSC1CCC(Nc2nc(Cl)nc3sc(C)cc23)CC1. The molecule has 0 saturated heterocycles. The minimum absolute atomic E-state index is 0.333. The molecule has 0 aromatic carbocycles. The number of thiophene rings is 1. The van der Waals surface area contributed by atoms with Crippen molar-refractivity contribution in [1.29, 1.82) is 0 Å². The van der Waals surface area contributed by atoms with Crippen LogP contribution in [-0.4, -0.2) is 27.5 Å². The molecule has 1 aliphatic carbocycles. The van der Waals surface area contributed by atoms with Crippen LogP contribution in [0.5, 0.6) is 0 Å². The molecule has 0 atom stereocenters. The van der Waals surface area contributed by atoms with Gasteiger partial charge >= 0.3 is 0 Å². The summed E-state index contributed by atoms with van der Waals surface area (Å²) in [7, 11) is 0. The van der Waals surface area contributed by atoms with Gasteiger partial charge in [-0.3, -0.25) is 0 Å². The molecule has 0 unspecified atom stereocenters. The van der Waals surface area contributed by atoms with Gasteiger partial charge in [0.15, 0.2) is 0 Å². The van der Waals surface area contributed by atoms with Crippen molar-refractivity contribution in [1.82, 2.24) is 9.97 Å². The molecule has 2 aromatic rings. The molecule has 0 bridgehead atoms. The first kappa shape index (κ1) is 14.4. The third kappa shape index (κ3) is 3.05. The van der Waals surface area contributed by atoms with E-state index in [0.29, 0.717) is 11.3 Å². The monoisotopic (exact) mass is 327 g/mol. The van der Waals surface area contributed by atoms with Crippen LogP contribution in [0.15, 0.2) is 6.07 Å². The number of aryl methyl sites for hydroxylation is 1. The molecule has 108 valence electrons. The summed E-state index contributed by atoms with van der Waals surface area (Å²) in [5.41, 5.74) is 0. The highest BCUT2D eigenvalue weighted by Gasteiger charge is 2.21. The van der Waals surface area contributed by atoms with E-state index in [1.165, 1.54) is 30.6 Å². The molecule has 1 N–H and O–H groups in total. The van der Waals surface area contributed by atoms with E-state index in [9.17, 15) is 0 Å². The molecule has 3 nitrogen and oxygen atoms in total. The quantitative estimate of drug-likeness (QED) is 0.826. The second-order valence-electron chi connectivity index (χ2n) is 5.27. The molecule has 1 saturated carbocycles. The summed E-state index contributed by atoms with van der Waals surface area (Å²) in [6.45, 7) is 2.09. The normalized spacial score (nSPS) is 23.1. The number of hydrogen-bond donors (Lipinski definition) is 1. The van der Waals surface area contributed by atoms with Crippen molar-refractivity contribution in [3.05, 3.63) is 16.2 Å². The minimum Gasteiger partial charge on any atom is -0.367 e.